The molecule has 0 radical (unpaired) electrons. The van der Waals surface area contributed by atoms with Crippen molar-refractivity contribution < 1.29 is 4.79 Å². The zero-order valence-electron chi connectivity index (χ0n) is 11.0. The van der Waals surface area contributed by atoms with Gasteiger partial charge in [-0.15, -0.1) is 0 Å². The van der Waals surface area contributed by atoms with Crippen LogP contribution in [-0.4, -0.2) is 29.9 Å². The molecule has 17 heavy (non-hydrogen) atoms. The predicted octanol–water partition coefficient (Wildman–Crippen LogP) is 2.15. The number of carbonyl (C=O) groups excluding carboxylic acids is 1. The molecule has 1 amide bonds. The summed E-state index contributed by atoms with van der Waals surface area (Å²) in [7, 11) is 0. The first-order valence-corrected chi connectivity index (χ1v) is 7.24. The molecule has 0 aromatic heterocycles. The summed E-state index contributed by atoms with van der Waals surface area (Å²) < 4.78 is 0. The van der Waals surface area contributed by atoms with Crippen molar-refractivity contribution in [2.75, 3.05) is 13.1 Å². The molecule has 0 bridgehead atoms. The highest BCUT2D eigenvalue weighted by Crippen LogP contribution is 2.35. The maximum Gasteiger partial charge on any atom is 0.225 e. The van der Waals surface area contributed by atoms with Crippen LogP contribution >= 0.6 is 0 Å². The van der Waals surface area contributed by atoms with Crippen LogP contribution in [0.25, 0.3) is 0 Å². The van der Waals surface area contributed by atoms with E-state index in [1.807, 2.05) is 6.92 Å². The summed E-state index contributed by atoms with van der Waals surface area (Å²) >= 11 is 0. The predicted molar refractivity (Wildman–Crippen MR) is 69.5 cm³/mol. The molecule has 2 aliphatic rings. The first kappa shape index (κ1) is 12.9. The van der Waals surface area contributed by atoms with Crippen molar-refractivity contribution in [1.82, 2.24) is 4.90 Å². The molecule has 0 spiro atoms. The van der Waals surface area contributed by atoms with Crippen LogP contribution in [0.15, 0.2) is 0 Å². The number of carbonyl (C=O) groups is 1. The molecule has 3 nitrogen and oxygen atoms in total. The van der Waals surface area contributed by atoms with Crippen molar-refractivity contribution in [3.05, 3.63) is 0 Å². The third-order valence-corrected chi connectivity index (χ3v) is 4.55. The quantitative estimate of drug-likeness (QED) is 0.819. The highest BCUT2D eigenvalue weighted by atomic mass is 16.2. The normalized spacial score (nSPS) is 30.8. The number of likely N-dealkylation sites (tertiary alicyclic amines) is 1. The number of piperidine rings is 1. The Morgan fingerprint density at radius 1 is 1.29 bits per heavy atom. The van der Waals surface area contributed by atoms with E-state index < -0.39 is 0 Å². The molecule has 1 unspecified atom stereocenters. The van der Waals surface area contributed by atoms with Gasteiger partial charge in [0.15, 0.2) is 0 Å². The van der Waals surface area contributed by atoms with Crippen molar-refractivity contribution in [3.63, 3.8) is 0 Å². The number of nitrogens with two attached hydrogens (primary N) is 1. The summed E-state index contributed by atoms with van der Waals surface area (Å²) in [4.78, 5) is 14.6. The minimum absolute atomic E-state index is 0.112. The Kier molecular flexibility index (Phi) is 4.43. The molecule has 3 heteroatoms. The molecule has 3 atom stereocenters. The van der Waals surface area contributed by atoms with Crippen LogP contribution in [0.3, 0.4) is 0 Å². The number of hydrogen-bond donors (Lipinski definition) is 1. The number of fused-ring (bicyclic) bond motifs is 1. The highest BCUT2D eigenvalue weighted by molar-refractivity contribution is 5.79. The lowest BCUT2D eigenvalue weighted by Crippen LogP contribution is -2.51. The van der Waals surface area contributed by atoms with Crippen LogP contribution in [0.2, 0.25) is 0 Å². The lowest BCUT2D eigenvalue weighted by atomic mass is 9.78. The van der Waals surface area contributed by atoms with E-state index in [4.69, 9.17) is 5.73 Å². The summed E-state index contributed by atoms with van der Waals surface area (Å²) in [5.41, 5.74) is 5.56. The van der Waals surface area contributed by atoms with E-state index in [-0.39, 0.29) is 5.92 Å². The molecule has 0 aromatic carbocycles. The minimum atomic E-state index is 0.112. The maximum absolute atomic E-state index is 12.4. The summed E-state index contributed by atoms with van der Waals surface area (Å²) in [6, 6.07) is 0.547. The molecule has 2 rings (SSSR count). The molecule has 1 saturated carbocycles. The highest BCUT2D eigenvalue weighted by Gasteiger charge is 2.36. The van der Waals surface area contributed by atoms with Crippen molar-refractivity contribution >= 4 is 5.91 Å². The van der Waals surface area contributed by atoms with Gasteiger partial charge in [-0.25, -0.2) is 0 Å². The molecule has 1 aliphatic carbocycles. The minimum Gasteiger partial charge on any atom is -0.339 e. The van der Waals surface area contributed by atoms with E-state index in [0.29, 0.717) is 18.5 Å². The molecule has 1 heterocycles. The second-order valence-corrected chi connectivity index (χ2v) is 5.76. The van der Waals surface area contributed by atoms with E-state index in [1.54, 1.807) is 0 Å². The lowest BCUT2D eigenvalue weighted by Gasteiger charge is -2.45. The summed E-state index contributed by atoms with van der Waals surface area (Å²) in [6.07, 6.45) is 8.58. The van der Waals surface area contributed by atoms with Gasteiger partial charge >= 0.3 is 0 Å². The van der Waals surface area contributed by atoms with Crippen LogP contribution in [0.1, 0.15) is 51.9 Å². The van der Waals surface area contributed by atoms with Crippen molar-refractivity contribution in [2.45, 2.75) is 57.9 Å². The first-order valence-electron chi connectivity index (χ1n) is 7.24. The molecule has 0 aromatic rings. The van der Waals surface area contributed by atoms with E-state index in [1.165, 1.54) is 38.5 Å². The van der Waals surface area contributed by atoms with Crippen molar-refractivity contribution in [2.24, 2.45) is 17.6 Å². The van der Waals surface area contributed by atoms with Gasteiger partial charge in [0.25, 0.3) is 0 Å². The smallest absolute Gasteiger partial charge is 0.225 e. The summed E-state index contributed by atoms with van der Waals surface area (Å²) in [6.45, 7) is 3.63. The zero-order valence-corrected chi connectivity index (χ0v) is 11.0. The summed E-state index contributed by atoms with van der Waals surface area (Å²) in [5.74, 6) is 1.25. The molecular formula is C14H26N2O. The third-order valence-electron chi connectivity index (χ3n) is 4.55. The van der Waals surface area contributed by atoms with E-state index in [2.05, 4.69) is 4.90 Å². The van der Waals surface area contributed by atoms with Crippen molar-refractivity contribution in [1.29, 1.82) is 0 Å². The first-order chi connectivity index (χ1) is 8.24. The largest absolute Gasteiger partial charge is 0.339 e. The number of nitrogens with zero attached hydrogens (tertiary/aromatic N) is 1. The molecule has 1 saturated heterocycles. The second kappa shape index (κ2) is 5.85. The SMILES string of the molecule is CC(CCN)C(=O)N1CCC[C@H]2CCCC[C@H]21. The van der Waals surface area contributed by atoms with E-state index in [9.17, 15) is 4.79 Å². The second-order valence-electron chi connectivity index (χ2n) is 5.76. The monoisotopic (exact) mass is 238 g/mol. The molecule has 2 fully saturated rings. The van der Waals surface area contributed by atoms with Crippen LogP contribution < -0.4 is 5.73 Å². The Bertz CT molecular complexity index is 265. The summed E-state index contributed by atoms with van der Waals surface area (Å²) in [5, 5.41) is 0. The van der Waals surface area contributed by atoms with Crippen molar-refractivity contribution in [3.8, 4) is 0 Å². The van der Waals surface area contributed by atoms with E-state index in [0.717, 1.165) is 18.9 Å². The van der Waals surface area contributed by atoms with Gasteiger partial charge in [0.05, 0.1) is 0 Å². The van der Waals surface area contributed by atoms with Gasteiger partial charge in [0.1, 0.15) is 0 Å². The van der Waals surface area contributed by atoms with Crippen LogP contribution in [0.4, 0.5) is 0 Å². The van der Waals surface area contributed by atoms with Gasteiger partial charge in [-0.2, -0.15) is 0 Å². The fourth-order valence-electron chi connectivity index (χ4n) is 3.55. The number of rotatable bonds is 3. The van der Waals surface area contributed by atoms with Gasteiger partial charge in [-0.1, -0.05) is 19.8 Å². The average molecular weight is 238 g/mol. The van der Waals surface area contributed by atoms with Gasteiger partial charge in [-0.05, 0) is 44.6 Å². The Labute approximate surface area is 105 Å². The Morgan fingerprint density at radius 2 is 2.00 bits per heavy atom. The Balaban J connectivity index is 2.00. The Hall–Kier alpha value is -0.570. The number of hydrogen-bond acceptors (Lipinski definition) is 2. The fourth-order valence-corrected chi connectivity index (χ4v) is 3.55. The molecule has 2 N–H and O–H groups in total. The molecule has 1 aliphatic heterocycles. The maximum atomic E-state index is 12.4. The standard InChI is InChI=1S/C14H26N2O/c1-11(8-9-15)14(17)16-10-4-6-12-5-2-3-7-13(12)16/h11-13H,2-10,15H2,1H3/t11?,12-,13-/m1/s1. The van der Waals surface area contributed by atoms with Gasteiger partial charge in [-0.3, -0.25) is 4.79 Å². The third kappa shape index (κ3) is 2.82. The van der Waals surface area contributed by atoms with Crippen LogP contribution in [-0.2, 0) is 4.79 Å². The topological polar surface area (TPSA) is 46.3 Å². The zero-order chi connectivity index (χ0) is 12.3. The van der Waals surface area contributed by atoms with Gasteiger partial charge in [0, 0.05) is 18.5 Å². The van der Waals surface area contributed by atoms with Crippen LogP contribution in [0, 0.1) is 11.8 Å². The van der Waals surface area contributed by atoms with Gasteiger partial charge < -0.3 is 10.6 Å². The lowest BCUT2D eigenvalue weighted by molar-refractivity contribution is -0.141. The average Bonchev–Trinajstić information content (AvgIpc) is 2.37. The number of amides is 1. The van der Waals surface area contributed by atoms with Gasteiger partial charge in [0.2, 0.25) is 5.91 Å². The molecular weight excluding hydrogens is 212 g/mol. The van der Waals surface area contributed by atoms with Crippen LogP contribution in [0.5, 0.6) is 0 Å². The molecule has 98 valence electrons. The Morgan fingerprint density at radius 3 is 2.76 bits per heavy atom. The van der Waals surface area contributed by atoms with E-state index >= 15 is 0 Å². The fraction of sp³-hybridized carbons (Fsp3) is 0.929.